The van der Waals surface area contributed by atoms with Gasteiger partial charge in [-0.3, -0.25) is 0 Å². The van der Waals surface area contributed by atoms with E-state index in [9.17, 15) is 8.42 Å². The van der Waals surface area contributed by atoms with Gasteiger partial charge in [0.25, 0.3) is 0 Å². The smallest absolute Gasteiger partial charge is 0.243 e. The molecular formula is C12H18ClN3O2S. The van der Waals surface area contributed by atoms with Crippen molar-refractivity contribution in [3.05, 3.63) is 23.2 Å². The summed E-state index contributed by atoms with van der Waals surface area (Å²) in [5.74, 6) is 0. The molecule has 0 saturated carbocycles. The van der Waals surface area contributed by atoms with Crippen molar-refractivity contribution < 1.29 is 8.42 Å². The van der Waals surface area contributed by atoms with Gasteiger partial charge in [-0.2, -0.15) is 4.31 Å². The van der Waals surface area contributed by atoms with E-state index in [-0.39, 0.29) is 16.6 Å². The first kappa shape index (κ1) is 14.6. The van der Waals surface area contributed by atoms with Crippen LogP contribution >= 0.6 is 11.6 Å². The van der Waals surface area contributed by atoms with Crippen molar-refractivity contribution in [1.29, 1.82) is 0 Å². The minimum Gasteiger partial charge on any atom is -0.397 e. The van der Waals surface area contributed by atoms with E-state index in [1.165, 1.54) is 22.5 Å². The van der Waals surface area contributed by atoms with Crippen LogP contribution in [0.15, 0.2) is 23.1 Å². The highest BCUT2D eigenvalue weighted by Gasteiger charge is 2.30. The fourth-order valence-electron chi connectivity index (χ4n) is 2.06. The number of anilines is 1. The maximum absolute atomic E-state index is 12.5. The molecule has 2 rings (SSSR count). The molecule has 0 bridgehead atoms. The van der Waals surface area contributed by atoms with Gasteiger partial charge in [-0.25, -0.2) is 8.42 Å². The normalized spacial score (nSPS) is 22.6. The van der Waals surface area contributed by atoms with Gasteiger partial charge >= 0.3 is 0 Å². The molecule has 106 valence electrons. The fraction of sp³-hybridized carbons (Fsp3) is 0.500. The van der Waals surface area contributed by atoms with E-state index in [0.717, 1.165) is 6.54 Å². The number of piperazine rings is 1. The average molecular weight is 304 g/mol. The number of sulfonamides is 1. The van der Waals surface area contributed by atoms with Crippen LogP contribution in [0.1, 0.15) is 6.92 Å². The zero-order valence-electron chi connectivity index (χ0n) is 11.0. The Balaban J connectivity index is 2.29. The van der Waals surface area contributed by atoms with Crippen LogP contribution in [-0.2, 0) is 10.0 Å². The highest BCUT2D eigenvalue weighted by molar-refractivity contribution is 7.89. The molecule has 1 heterocycles. The second kappa shape index (κ2) is 5.28. The van der Waals surface area contributed by atoms with Crippen LogP contribution < -0.4 is 5.73 Å². The molecule has 1 unspecified atom stereocenters. The molecule has 1 aromatic carbocycles. The van der Waals surface area contributed by atoms with Gasteiger partial charge in [0.2, 0.25) is 10.0 Å². The van der Waals surface area contributed by atoms with E-state index in [1.807, 2.05) is 14.0 Å². The van der Waals surface area contributed by atoms with Crippen molar-refractivity contribution in [2.24, 2.45) is 0 Å². The number of nitrogens with zero attached hydrogens (tertiary/aromatic N) is 2. The van der Waals surface area contributed by atoms with Crippen LogP contribution in [0, 0.1) is 0 Å². The number of hydrogen-bond donors (Lipinski definition) is 1. The summed E-state index contributed by atoms with van der Waals surface area (Å²) in [4.78, 5) is 2.34. The minimum absolute atomic E-state index is 0.200. The first-order chi connectivity index (χ1) is 8.82. The van der Waals surface area contributed by atoms with E-state index in [2.05, 4.69) is 4.90 Å². The summed E-state index contributed by atoms with van der Waals surface area (Å²) < 4.78 is 26.5. The van der Waals surface area contributed by atoms with E-state index >= 15 is 0 Å². The molecule has 0 radical (unpaired) electrons. The lowest BCUT2D eigenvalue weighted by Gasteiger charge is -2.36. The first-order valence-corrected chi connectivity index (χ1v) is 7.89. The Morgan fingerprint density at radius 2 is 2.05 bits per heavy atom. The van der Waals surface area contributed by atoms with Crippen molar-refractivity contribution in [2.75, 3.05) is 32.4 Å². The fourth-order valence-corrected chi connectivity index (χ4v) is 3.73. The third-order valence-corrected chi connectivity index (χ3v) is 5.73. The van der Waals surface area contributed by atoms with E-state index < -0.39 is 10.0 Å². The van der Waals surface area contributed by atoms with Gasteiger partial charge in [-0.15, -0.1) is 0 Å². The van der Waals surface area contributed by atoms with Crippen LogP contribution in [0.5, 0.6) is 0 Å². The predicted molar refractivity (Wildman–Crippen MR) is 76.7 cm³/mol. The molecule has 19 heavy (non-hydrogen) atoms. The molecular weight excluding hydrogens is 286 g/mol. The van der Waals surface area contributed by atoms with Crippen molar-refractivity contribution >= 4 is 27.3 Å². The van der Waals surface area contributed by atoms with Gasteiger partial charge in [0.05, 0.1) is 15.6 Å². The number of benzene rings is 1. The SMILES string of the molecule is CC1CN(S(=O)(=O)c2ccc(Cl)c(N)c2)CCN1C. The Morgan fingerprint density at radius 1 is 1.37 bits per heavy atom. The van der Waals surface area contributed by atoms with Gasteiger partial charge in [0.15, 0.2) is 0 Å². The molecule has 2 N–H and O–H groups in total. The third kappa shape index (κ3) is 2.86. The molecule has 7 heteroatoms. The molecule has 0 amide bonds. The second-order valence-electron chi connectivity index (χ2n) is 4.88. The van der Waals surface area contributed by atoms with E-state index in [0.29, 0.717) is 18.1 Å². The molecule has 1 aliphatic heterocycles. The summed E-state index contributed by atoms with van der Waals surface area (Å²) in [7, 11) is -1.49. The van der Waals surface area contributed by atoms with E-state index in [1.54, 1.807) is 0 Å². The Bertz CT molecular complexity index is 576. The summed E-state index contributed by atoms with van der Waals surface area (Å²) in [5.41, 5.74) is 5.96. The number of rotatable bonds is 2. The zero-order chi connectivity index (χ0) is 14.2. The molecule has 1 atom stereocenters. The maximum Gasteiger partial charge on any atom is 0.243 e. The number of nitrogen functional groups attached to an aromatic ring is 1. The molecule has 5 nitrogen and oxygen atoms in total. The van der Waals surface area contributed by atoms with E-state index in [4.69, 9.17) is 17.3 Å². The van der Waals surface area contributed by atoms with Crippen molar-refractivity contribution in [3.63, 3.8) is 0 Å². The topological polar surface area (TPSA) is 66.6 Å². The van der Waals surface area contributed by atoms with Gasteiger partial charge in [-0.05, 0) is 32.2 Å². The van der Waals surface area contributed by atoms with Crippen molar-refractivity contribution in [2.45, 2.75) is 17.9 Å². The lowest BCUT2D eigenvalue weighted by atomic mass is 10.2. The summed E-state index contributed by atoms with van der Waals surface area (Å²) in [6, 6.07) is 4.63. The number of likely N-dealkylation sites (N-methyl/N-ethyl adjacent to an activating group) is 1. The van der Waals surface area contributed by atoms with Crippen LogP contribution in [0.3, 0.4) is 0 Å². The third-order valence-electron chi connectivity index (χ3n) is 3.53. The molecule has 0 aliphatic carbocycles. The van der Waals surface area contributed by atoms with Crippen molar-refractivity contribution in [1.82, 2.24) is 9.21 Å². The predicted octanol–water partition coefficient (Wildman–Crippen LogP) is 1.25. The van der Waals surface area contributed by atoms with Gasteiger partial charge in [0.1, 0.15) is 0 Å². The number of nitrogens with two attached hydrogens (primary N) is 1. The van der Waals surface area contributed by atoms with Crippen molar-refractivity contribution in [3.8, 4) is 0 Å². The largest absolute Gasteiger partial charge is 0.397 e. The Kier molecular flexibility index (Phi) is 4.06. The highest BCUT2D eigenvalue weighted by Crippen LogP contribution is 2.25. The van der Waals surface area contributed by atoms with Crippen LogP contribution in [-0.4, -0.2) is 50.3 Å². The summed E-state index contributed by atoms with van der Waals surface area (Å²) in [6.45, 7) is 3.72. The summed E-state index contributed by atoms with van der Waals surface area (Å²) in [6.07, 6.45) is 0. The molecule has 0 aromatic heterocycles. The Morgan fingerprint density at radius 3 is 2.63 bits per heavy atom. The lowest BCUT2D eigenvalue weighted by molar-refractivity contribution is 0.159. The molecule has 1 saturated heterocycles. The summed E-state index contributed by atoms with van der Waals surface area (Å²) in [5, 5.41) is 0.366. The molecule has 1 aliphatic rings. The average Bonchev–Trinajstić information content (AvgIpc) is 2.35. The van der Waals surface area contributed by atoms with Gasteiger partial charge in [-0.1, -0.05) is 11.6 Å². The highest BCUT2D eigenvalue weighted by atomic mass is 35.5. The minimum atomic E-state index is -3.49. The van der Waals surface area contributed by atoms with Gasteiger partial charge in [0, 0.05) is 25.7 Å². The van der Waals surface area contributed by atoms with Crippen LogP contribution in [0.25, 0.3) is 0 Å². The maximum atomic E-state index is 12.5. The Labute approximate surface area is 119 Å². The zero-order valence-corrected chi connectivity index (χ0v) is 12.6. The van der Waals surface area contributed by atoms with Gasteiger partial charge < -0.3 is 10.6 Å². The molecule has 1 aromatic rings. The van der Waals surface area contributed by atoms with Crippen LogP contribution in [0.4, 0.5) is 5.69 Å². The summed E-state index contributed by atoms with van der Waals surface area (Å²) >= 11 is 5.82. The lowest BCUT2D eigenvalue weighted by Crippen LogP contribution is -2.51. The number of halogens is 1. The van der Waals surface area contributed by atoms with Crippen LogP contribution in [0.2, 0.25) is 5.02 Å². The second-order valence-corrected chi connectivity index (χ2v) is 7.22. The standard InChI is InChI=1S/C12H18ClN3O2S/c1-9-8-16(6-5-15(9)2)19(17,18)10-3-4-11(13)12(14)7-10/h3-4,7,9H,5-6,8,14H2,1-2H3. The Hall–Kier alpha value is -0.820. The monoisotopic (exact) mass is 303 g/mol. The molecule has 1 fully saturated rings. The number of hydrogen-bond acceptors (Lipinski definition) is 4. The molecule has 0 spiro atoms. The quantitative estimate of drug-likeness (QED) is 0.835. The first-order valence-electron chi connectivity index (χ1n) is 6.08.